The van der Waals surface area contributed by atoms with E-state index in [-0.39, 0.29) is 0 Å². The van der Waals surface area contributed by atoms with Crippen molar-refractivity contribution in [2.24, 2.45) is 0 Å². The Morgan fingerprint density at radius 1 is 1.00 bits per heavy atom. The van der Waals surface area contributed by atoms with Crippen LogP contribution >= 0.6 is 23.2 Å². The number of nitrogens with zero attached hydrogens (tertiary/aromatic N) is 1. The Kier molecular flexibility index (Phi) is 3.17. The van der Waals surface area contributed by atoms with E-state index in [2.05, 4.69) is 4.98 Å². The van der Waals surface area contributed by atoms with E-state index in [0.717, 1.165) is 22.5 Å². The third-order valence-corrected chi connectivity index (χ3v) is 3.26. The topological polar surface area (TPSA) is 12.9 Å². The monoisotopic (exact) mass is 251 g/mol. The predicted molar refractivity (Wildman–Crippen MR) is 69.2 cm³/mol. The number of rotatable bonds is 1. The first-order valence-corrected chi connectivity index (χ1v) is 5.74. The first kappa shape index (κ1) is 11.4. The summed E-state index contributed by atoms with van der Waals surface area (Å²) in [5.41, 5.74) is 3.84. The highest BCUT2D eigenvalue weighted by Crippen LogP contribution is 2.33. The fraction of sp³-hybridized carbons (Fsp3) is 0.154. The molecule has 0 N–H and O–H groups in total. The second-order valence-electron chi connectivity index (χ2n) is 3.72. The van der Waals surface area contributed by atoms with Gasteiger partial charge < -0.3 is 0 Å². The van der Waals surface area contributed by atoms with Gasteiger partial charge in [-0.05, 0) is 31.5 Å². The van der Waals surface area contributed by atoms with E-state index in [0.29, 0.717) is 10.0 Å². The van der Waals surface area contributed by atoms with Crippen molar-refractivity contribution in [3.63, 3.8) is 0 Å². The lowest BCUT2D eigenvalue weighted by Crippen LogP contribution is -1.91. The van der Waals surface area contributed by atoms with Crippen LogP contribution in [0.4, 0.5) is 0 Å². The third-order valence-electron chi connectivity index (χ3n) is 2.44. The number of pyridine rings is 1. The van der Waals surface area contributed by atoms with Gasteiger partial charge in [-0.25, -0.2) is 0 Å². The predicted octanol–water partition coefficient (Wildman–Crippen LogP) is 4.67. The van der Waals surface area contributed by atoms with Crippen molar-refractivity contribution in [1.82, 2.24) is 4.98 Å². The van der Waals surface area contributed by atoms with Crippen molar-refractivity contribution in [2.75, 3.05) is 0 Å². The average Bonchev–Trinajstić information content (AvgIpc) is 2.26. The van der Waals surface area contributed by atoms with E-state index in [1.807, 2.05) is 38.1 Å². The van der Waals surface area contributed by atoms with Crippen molar-refractivity contribution in [2.45, 2.75) is 13.8 Å². The van der Waals surface area contributed by atoms with Crippen molar-refractivity contribution in [3.8, 4) is 11.3 Å². The summed E-state index contributed by atoms with van der Waals surface area (Å²) in [4.78, 5) is 4.50. The summed E-state index contributed by atoms with van der Waals surface area (Å²) >= 11 is 12.2. The number of hydrogen-bond acceptors (Lipinski definition) is 1. The molecule has 3 heteroatoms. The zero-order valence-corrected chi connectivity index (χ0v) is 10.6. The second kappa shape index (κ2) is 4.44. The Labute approximate surface area is 105 Å². The fourth-order valence-electron chi connectivity index (χ4n) is 1.59. The van der Waals surface area contributed by atoms with Gasteiger partial charge in [-0.1, -0.05) is 41.4 Å². The fourth-order valence-corrected chi connectivity index (χ4v) is 1.98. The molecule has 0 aliphatic heterocycles. The zero-order chi connectivity index (χ0) is 11.7. The molecular formula is C13H11Cl2N. The van der Waals surface area contributed by atoms with Gasteiger partial charge in [0, 0.05) is 11.3 Å². The van der Waals surface area contributed by atoms with Crippen LogP contribution in [0.2, 0.25) is 10.0 Å². The normalized spacial score (nSPS) is 10.5. The molecule has 0 radical (unpaired) electrons. The molecule has 0 unspecified atom stereocenters. The van der Waals surface area contributed by atoms with E-state index < -0.39 is 0 Å². The van der Waals surface area contributed by atoms with Crippen molar-refractivity contribution >= 4 is 23.2 Å². The van der Waals surface area contributed by atoms with Crippen LogP contribution in [0.25, 0.3) is 11.3 Å². The van der Waals surface area contributed by atoms with Crippen molar-refractivity contribution < 1.29 is 0 Å². The molecule has 1 heterocycles. The Bertz CT molecular complexity index is 535. The molecule has 0 saturated carbocycles. The molecular weight excluding hydrogens is 241 g/mol. The maximum absolute atomic E-state index is 6.18. The molecule has 0 bridgehead atoms. The molecule has 2 aromatic rings. The molecule has 0 aliphatic carbocycles. The maximum Gasteiger partial charge on any atom is 0.0749 e. The quantitative estimate of drug-likeness (QED) is 0.718. The van der Waals surface area contributed by atoms with Crippen LogP contribution in [0.15, 0.2) is 30.3 Å². The Balaban J connectivity index is 2.67. The molecule has 0 atom stereocenters. The molecule has 0 fully saturated rings. The number of benzene rings is 1. The number of aromatic nitrogens is 1. The Morgan fingerprint density at radius 3 is 2.50 bits per heavy atom. The molecule has 16 heavy (non-hydrogen) atoms. The second-order valence-corrected chi connectivity index (χ2v) is 4.50. The van der Waals surface area contributed by atoms with E-state index in [1.54, 1.807) is 6.07 Å². The molecule has 1 nitrogen and oxygen atoms in total. The number of halogens is 2. The molecule has 1 aromatic heterocycles. The van der Waals surface area contributed by atoms with Crippen LogP contribution < -0.4 is 0 Å². The number of hydrogen-bond donors (Lipinski definition) is 0. The summed E-state index contributed by atoms with van der Waals surface area (Å²) in [5.74, 6) is 0. The summed E-state index contributed by atoms with van der Waals surface area (Å²) in [6.07, 6.45) is 0. The minimum atomic E-state index is 0.557. The third kappa shape index (κ3) is 2.06. The molecule has 1 aromatic carbocycles. The van der Waals surface area contributed by atoms with Crippen LogP contribution in [0.1, 0.15) is 11.3 Å². The highest BCUT2D eigenvalue weighted by Gasteiger charge is 2.10. The van der Waals surface area contributed by atoms with Crippen molar-refractivity contribution in [3.05, 3.63) is 51.6 Å². The van der Waals surface area contributed by atoms with E-state index in [4.69, 9.17) is 23.2 Å². The lowest BCUT2D eigenvalue weighted by atomic mass is 10.1. The molecule has 82 valence electrons. The first-order chi connectivity index (χ1) is 7.59. The summed E-state index contributed by atoms with van der Waals surface area (Å²) in [7, 11) is 0. The Hall–Kier alpha value is -1.05. The van der Waals surface area contributed by atoms with E-state index >= 15 is 0 Å². The highest BCUT2D eigenvalue weighted by molar-refractivity contribution is 6.43. The van der Waals surface area contributed by atoms with Crippen LogP contribution in [-0.2, 0) is 0 Å². The van der Waals surface area contributed by atoms with Gasteiger partial charge >= 0.3 is 0 Å². The standard InChI is InChI=1S/C13H11Cl2N/c1-8-6-7-9(2)16-13(8)10-4-3-5-11(14)12(10)15/h3-7H,1-2H3. The molecule has 2 rings (SSSR count). The largest absolute Gasteiger partial charge is 0.253 e. The van der Waals surface area contributed by atoms with E-state index in [9.17, 15) is 0 Å². The minimum absolute atomic E-state index is 0.557. The summed E-state index contributed by atoms with van der Waals surface area (Å²) in [5, 5.41) is 1.12. The van der Waals surface area contributed by atoms with Crippen LogP contribution in [0, 0.1) is 13.8 Å². The van der Waals surface area contributed by atoms with Crippen LogP contribution in [-0.4, -0.2) is 4.98 Å². The molecule has 0 spiro atoms. The van der Waals surface area contributed by atoms with Gasteiger partial charge in [0.05, 0.1) is 15.7 Å². The lowest BCUT2D eigenvalue weighted by Gasteiger charge is -2.08. The first-order valence-electron chi connectivity index (χ1n) is 4.98. The van der Waals surface area contributed by atoms with Gasteiger partial charge in [0.15, 0.2) is 0 Å². The summed E-state index contributed by atoms with van der Waals surface area (Å²) in [6, 6.07) is 9.61. The van der Waals surface area contributed by atoms with Crippen LogP contribution in [0.5, 0.6) is 0 Å². The summed E-state index contributed by atoms with van der Waals surface area (Å²) < 4.78 is 0. The zero-order valence-electron chi connectivity index (χ0n) is 9.09. The minimum Gasteiger partial charge on any atom is -0.253 e. The summed E-state index contributed by atoms with van der Waals surface area (Å²) in [6.45, 7) is 3.97. The molecule has 0 saturated heterocycles. The highest BCUT2D eigenvalue weighted by atomic mass is 35.5. The molecule has 0 aliphatic rings. The lowest BCUT2D eigenvalue weighted by molar-refractivity contribution is 1.18. The van der Waals surface area contributed by atoms with Gasteiger partial charge in [0.2, 0.25) is 0 Å². The number of aryl methyl sites for hydroxylation is 2. The van der Waals surface area contributed by atoms with Gasteiger partial charge in [-0.15, -0.1) is 0 Å². The molecule has 0 amide bonds. The van der Waals surface area contributed by atoms with Crippen molar-refractivity contribution in [1.29, 1.82) is 0 Å². The van der Waals surface area contributed by atoms with Gasteiger partial charge in [0.1, 0.15) is 0 Å². The SMILES string of the molecule is Cc1ccc(C)c(-c2cccc(Cl)c2Cl)n1. The maximum atomic E-state index is 6.18. The van der Waals surface area contributed by atoms with Gasteiger partial charge in [-0.2, -0.15) is 0 Å². The Morgan fingerprint density at radius 2 is 1.75 bits per heavy atom. The van der Waals surface area contributed by atoms with E-state index in [1.165, 1.54) is 0 Å². The average molecular weight is 252 g/mol. The smallest absolute Gasteiger partial charge is 0.0749 e. The van der Waals surface area contributed by atoms with Gasteiger partial charge in [-0.3, -0.25) is 4.98 Å². The van der Waals surface area contributed by atoms with Crippen LogP contribution in [0.3, 0.4) is 0 Å². The van der Waals surface area contributed by atoms with Gasteiger partial charge in [0.25, 0.3) is 0 Å².